The van der Waals surface area contributed by atoms with E-state index in [0.717, 1.165) is 33.4 Å². The molecule has 2 N–H and O–H groups in total. The minimum atomic E-state index is -0.150. The van der Waals surface area contributed by atoms with Gasteiger partial charge in [-0.05, 0) is 43.3 Å². The van der Waals surface area contributed by atoms with E-state index in [1.165, 1.54) is 17.3 Å². The molecule has 35 heavy (non-hydrogen) atoms. The first-order valence-corrected chi connectivity index (χ1v) is 12.0. The predicted octanol–water partition coefficient (Wildman–Crippen LogP) is 5.81. The number of aromatic nitrogens is 2. The number of nitrogens with zero attached hydrogens (tertiary/aromatic N) is 1. The van der Waals surface area contributed by atoms with E-state index in [0.29, 0.717) is 17.2 Å². The van der Waals surface area contributed by atoms with Gasteiger partial charge in [0.1, 0.15) is 16.6 Å². The zero-order valence-corrected chi connectivity index (χ0v) is 20.9. The Hall–Kier alpha value is -3.91. The number of aryl methyl sites for hydroxylation is 1. The van der Waals surface area contributed by atoms with Gasteiger partial charge in [0.05, 0.1) is 32.8 Å². The van der Waals surface area contributed by atoms with Gasteiger partial charge in [-0.25, -0.2) is 4.98 Å². The summed E-state index contributed by atoms with van der Waals surface area (Å²) < 4.78 is 15.9. The monoisotopic (exact) mass is 489 g/mol. The molecule has 3 aromatic carbocycles. The summed E-state index contributed by atoms with van der Waals surface area (Å²) in [4.78, 5) is 21.0. The van der Waals surface area contributed by atoms with Crippen LogP contribution in [0.3, 0.4) is 0 Å². The Morgan fingerprint density at radius 2 is 1.57 bits per heavy atom. The smallest absolute Gasteiger partial charge is 0.234 e. The first-order valence-electron chi connectivity index (χ1n) is 11.0. The van der Waals surface area contributed by atoms with E-state index in [1.54, 1.807) is 39.5 Å². The Labute approximate surface area is 208 Å². The van der Waals surface area contributed by atoms with Gasteiger partial charge in [0.2, 0.25) is 5.91 Å². The lowest BCUT2D eigenvalue weighted by atomic mass is 10.1. The number of methoxy groups -OCH3 is 3. The Balaban J connectivity index is 1.55. The van der Waals surface area contributed by atoms with Crippen LogP contribution in [0.15, 0.2) is 71.8 Å². The number of ether oxygens (including phenoxy) is 3. The molecule has 4 rings (SSSR count). The largest absolute Gasteiger partial charge is 0.497 e. The van der Waals surface area contributed by atoms with Gasteiger partial charge in [-0.3, -0.25) is 4.79 Å². The Morgan fingerprint density at radius 1 is 0.886 bits per heavy atom. The lowest BCUT2D eigenvalue weighted by Crippen LogP contribution is -2.14. The number of anilines is 1. The summed E-state index contributed by atoms with van der Waals surface area (Å²) in [7, 11) is 4.77. The van der Waals surface area contributed by atoms with Gasteiger partial charge in [-0.2, -0.15) is 0 Å². The average molecular weight is 490 g/mol. The maximum Gasteiger partial charge on any atom is 0.234 e. The standard InChI is InChI=1S/C27H27N3O4S/c1-17-5-7-19(8-6-17)26-29-25(18-9-12-21(32-2)13-10-18)27(30-26)35-16-24(31)28-20-11-14-22(33-3)23(15-20)34-4/h5-15H,16H2,1-4H3,(H,28,31)(H,29,30). The van der Waals surface area contributed by atoms with Crippen LogP contribution in [0.1, 0.15) is 5.56 Å². The van der Waals surface area contributed by atoms with Gasteiger partial charge in [0, 0.05) is 22.9 Å². The van der Waals surface area contributed by atoms with Gasteiger partial charge < -0.3 is 24.5 Å². The second-order valence-electron chi connectivity index (χ2n) is 7.77. The topological polar surface area (TPSA) is 85.5 Å². The molecular weight excluding hydrogens is 462 g/mol. The number of hydrogen-bond donors (Lipinski definition) is 2. The number of rotatable bonds is 9. The molecule has 0 atom stereocenters. The summed E-state index contributed by atoms with van der Waals surface area (Å²) in [5.41, 5.74) is 4.60. The van der Waals surface area contributed by atoms with Crippen LogP contribution in [0.5, 0.6) is 17.2 Å². The van der Waals surface area contributed by atoms with E-state index >= 15 is 0 Å². The number of nitrogens with one attached hydrogen (secondary N) is 2. The highest BCUT2D eigenvalue weighted by Crippen LogP contribution is 2.34. The summed E-state index contributed by atoms with van der Waals surface area (Å²) in [5.74, 6) is 2.71. The quantitative estimate of drug-likeness (QED) is 0.289. The molecule has 0 fully saturated rings. The van der Waals surface area contributed by atoms with Gasteiger partial charge in [-0.1, -0.05) is 41.6 Å². The van der Waals surface area contributed by atoms with Crippen LogP contribution in [0.2, 0.25) is 0 Å². The van der Waals surface area contributed by atoms with E-state index in [9.17, 15) is 4.79 Å². The van der Waals surface area contributed by atoms with Gasteiger partial charge in [0.15, 0.2) is 11.5 Å². The first-order chi connectivity index (χ1) is 17.0. The normalized spacial score (nSPS) is 10.6. The number of hydrogen-bond acceptors (Lipinski definition) is 6. The molecule has 0 bridgehead atoms. The van der Waals surface area contributed by atoms with Crippen molar-refractivity contribution in [3.63, 3.8) is 0 Å². The number of imidazole rings is 1. The van der Waals surface area contributed by atoms with E-state index in [-0.39, 0.29) is 11.7 Å². The van der Waals surface area contributed by atoms with Crippen molar-refractivity contribution in [1.29, 1.82) is 0 Å². The van der Waals surface area contributed by atoms with Gasteiger partial charge >= 0.3 is 0 Å². The van der Waals surface area contributed by atoms with E-state index in [4.69, 9.17) is 19.2 Å². The molecular formula is C27H27N3O4S. The minimum absolute atomic E-state index is 0.150. The molecule has 0 unspecified atom stereocenters. The number of benzene rings is 3. The fourth-order valence-electron chi connectivity index (χ4n) is 3.51. The van der Waals surface area contributed by atoms with Gasteiger partial charge in [0.25, 0.3) is 0 Å². The van der Waals surface area contributed by atoms with Crippen molar-refractivity contribution >= 4 is 23.4 Å². The number of carbonyl (C=O) groups is 1. The number of carbonyl (C=O) groups excluding carboxylic acids is 1. The maximum atomic E-state index is 12.7. The highest BCUT2D eigenvalue weighted by Gasteiger charge is 2.16. The third-order valence-corrected chi connectivity index (χ3v) is 6.36. The number of amides is 1. The second-order valence-corrected chi connectivity index (χ2v) is 8.73. The molecule has 0 saturated heterocycles. The van der Waals surface area contributed by atoms with Crippen LogP contribution in [-0.2, 0) is 4.79 Å². The van der Waals surface area contributed by atoms with Crippen LogP contribution >= 0.6 is 11.8 Å². The molecule has 0 spiro atoms. The molecule has 0 aliphatic heterocycles. The summed E-state index contributed by atoms with van der Waals surface area (Å²) in [6.45, 7) is 2.05. The summed E-state index contributed by atoms with van der Waals surface area (Å²) >= 11 is 1.37. The van der Waals surface area contributed by atoms with Crippen molar-refractivity contribution in [2.24, 2.45) is 0 Å². The molecule has 0 aliphatic carbocycles. The van der Waals surface area contributed by atoms with Crippen molar-refractivity contribution in [2.75, 3.05) is 32.4 Å². The van der Waals surface area contributed by atoms with E-state index < -0.39 is 0 Å². The number of H-pyrrole nitrogens is 1. The molecule has 0 saturated carbocycles. The second kappa shape index (κ2) is 11.0. The molecule has 1 amide bonds. The lowest BCUT2D eigenvalue weighted by molar-refractivity contribution is -0.113. The Morgan fingerprint density at radius 3 is 2.23 bits per heavy atom. The van der Waals surface area contributed by atoms with Crippen LogP contribution in [0.4, 0.5) is 5.69 Å². The van der Waals surface area contributed by atoms with Crippen molar-refractivity contribution in [3.8, 4) is 39.9 Å². The highest BCUT2D eigenvalue weighted by molar-refractivity contribution is 8.00. The third-order valence-electron chi connectivity index (χ3n) is 5.38. The van der Waals surface area contributed by atoms with Crippen molar-refractivity contribution in [1.82, 2.24) is 9.97 Å². The SMILES string of the molecule is COc1ccc(-c2[nH]c(-c3ccc(C)cc3)nc2SCC(=O)Nc2ccc(OC)c(OC)c2)cc1. The predicted molar refractivity (Wildman–Crippen MR) is 140 cm³/mol. The number of aromatic amines is 1. The van der Waals surface area contributed by atoms with Crippen LogP contribution in [0.25, 0.3) is 22.6 Å². The Kier molecular flexibility index (Phi) is 7.62. The summed E-state index contributed by atoms with van der Waals surface area (Å²) in [5, 5.41) is 3.65. The fraction of sp³-hybridized carbons (Fsp3) is 0.185. The maximum absolute atomic E-state index is 12.7. The van der Waals surface area contributed by atoms with Crippen molar-refractivity contribution in [2.45, 2.75) is 11.9 Å². The molecule has 180 valence electrons. The fourth-order valence-corrected chi connectivity index (χ4v) is 4.32. The highest BCUT2D eigenvalue weighted by atomic mass is 32.2. The van der Waals surface area contributed by atoms with Gasteiger partial charge in [-0.15, -0.1) is 0 Å². The Bertz CT molecular complexity index is 1300. The van der Waals surface area contributed by atoms with Crippen LogP contribution in [0, 0.1) is 6.92 Å². The molecule has 1 heterocycles. The molecule has 7 nitrogen and oxygen atoms in total. The zero-order chi connectivity index (χ0) is 24.8. The molecule has 0 radical (unpaired) electrons. The molecule has 1 aromatic heterocycles. The lowest BCUT2D eigenvalue weighted by Gasteiger charge is -2.10. The zero-order valence-electron chi connectivity index (χ0n) is 20.0. The van der Waals surface area contributed by atoms with E-state index in [1.807, 2.05) is 55.5 Å². The molecule has 8 heteroatoms. The van der Waals surface area contributed by atoms with E-state index in [2.05, 4.69) is 10.3 Å². The average Bonchev–Trinajstić information content (AvgIpc) is 3.32. The third kappa shape index (κ3) is 5.78. The number of thioether (sulfide) groups is 1. The van der Waals surface area contributed by atoms with Crippen LogP contribution < -0.4 is 19.5 Å². The van der Waals surface area contributed by atoms with Crippen molar-refractivity contribution < 1.29 is 19.0 Å². The summed E-state index contributed by atoms with van der Waals surface area (Å²) in [6, 6.07) is 21.2. The molecule has 0 aliphatic rings. The summed E-state index contributed by atoms with van der Waals surface area (Å²) in [6.07, 6.45) is 0. The minimum Gasteiger partial charge on any atom is -0.497 e. The van der Waals surface area contributed by atoms with Crippen molar-refractivity contribution in [3.05, 3.63) is 72.3 Å². The molecule has 4 aromatic rings. The first kappa shape index (κ1) is 24.2. The van der Waals surface area contributed by atoms with Crippen LogP contribution in [-0.4, -0.2) is 43.0 Å².